The molecule has 0 bridgehead atoms. The van der Waals surface area contributed by atoms with Gasteiger partial charge >= 0.3 is 5.97 Å². The number of benzene rings is 3. The summed E-state index contributed by atoms with van der Waals surface area (Å²) in [6, 6.07) is 26.5. The Balaban J connectivity index is 1.38. The minimum atomic E-state index is -0.916. The molecule has 3 aromatic carbocycles. The van der Waals surface area contributed by atoms with Crippen LogP contribution in [0.4, 0.5) is 0 Å². The van der Waals surface area contributed by atoms with E-state index in [1.54, 1.807) is 0 Å². The molecule has 0 radical (unpaired) electrons. The summed E-state index contributed by atoms with van der Waals surface area (Å²) >= 11 is 8.05. The largest absolute Gasteiger partial charge is 0.481 e. The van der Waals surface area contributed by atoms with Crippen LogP contribution in [0.2, 0.25) is 5.02 Å². The molecule has 1 fully saturated rings. The van der Waals surface area contributed by atoms with Crippen molar-refractivity contribution >= 4 is 52.4 Å². The van der Waals surface area contributed by atoms with E-state index in [1.807, 2.05) is 74.1 Å². The number of aryl methyl sites for hydroxylation is 1. The van der Waals surface area contributed by atoms with Gasteiger partial charge in [0.05, 0.1) is 23.2 Å². The summed E-state index contributed by atoms with van der Waals surface area (Å²) in [5, 5.41) is 22.2. The van der Waals surface area contributed by atoms with Crippen molar-refractivity contribution in [2.24, 2.45) is 11.3 Å². The van der Waals surface area contributed by atoms with Gasteiger partial charge in [-0.2, -0.15) is 11.8 Å². The SMILES string of the molecule is C[C@@H]1C[C@@]1(CS[C@H](CCc1ccccc1C(C)(C)O)c1cccc(/C=C/c2ccc3ccc(Cl)cc3n2)c1)CC(=O)O. The zero-order chi connectivity index (χ0) is 29.9. The van der Waals surface area contributed by atoms with Crippen molar-refractivity contribution in [2.75, 3.05) is 5.75 Å². The second-order valence-corrected chi connectivity index (χ2v) is 13.8. The van der Waals surface area contributed by atoms with Crippen molar-refractivity contribution in [3.63, 3.8) is 0 Å². The molecule has 5 rings (SSSR count). The van der Waals surface area contributed by atoms with Crippen LogP contribution in [0, 0.1) is 11.3 Å². The number of carbonyl (C=O) groups is 1. The van der Waals surface area contributed by atoms with E-state index in [9.17, 15) is 15.0 Å². The summed E-state index contributed by atoms with van der Waals surface area (Å²) in [4.78, 5) is 16.4. The van der Waals surface area contributed by atoms with Crippen molar-refractivity contribution < 1.29 is 15.0 Å². The molecule has 1 aliphatic rings. The molecule has 0 spiro atoms. The Labute approximate surface area is 257 Å². The highest BCUT2D eigenvalue weighted by molar-refractivity contribution is 7.99. The molecule has 3 atom stereocenters. The van der Waals surface area contributed by atoms with Gasteiger partial charge in [0.25, 0.3) is 0 Å². The van der Waals surface area contributed by atoms with Gasteiger partial charge < -0.3 is 10.2 Å². The summed E-state index contributed by atoms with van der Waals surface area (Å²) in [6.07, 6.45) is 7.01. The lowest BCUT2D eigenvalue weighted by Gasteiger charge is -2.24. The number of thioether (sulfide) groups is 1. The molecule has 4 aromatic rings. The first-order valence-corrected chi connectivity index (χ1v) is 15.9. The maximum atomic E-state index is 11.6. The number of rotatable bonds is 12. The molecule has 4 nitrogen and oxygen atoms in total. The van der Waals surface area contributed by atoms with Crippen LogP contribution in [-0.4, -0.2) is 26.9 Å². The Morgan fingerprint density at radius 1 is 1.10 bits per heavy atom. The van der Waals surface area contributed by atoms with E-state index in [1.165, 1.54) is 5.56 Å². The second kappa shape index (κ2) is 12.6. The molecular formula is C36H38ClNO3S. The zero-order valence-electron chi connectivity index (χ0n) is 24.4. The minimum Gasteiger partial charge on any atom is -0.481 e. The van der Waals surface area contributed by atoms with Crippen molar-refractivity contribution in [1.82, 2.24) is 4.98 Å². The molecule has 42 heavy (non-hydrogen) atoms. The van der Waals surface area contributed by atoms with Gasteiger partial charge in [0.15, 0.2) is 0 Å². The fourth-order valence-electron chi connectivity index (χ4n) is 5.83. The number of hydrogen-bond donors (Lipinski definition) is 2. The summed E-state index contributed by atoms with van der Waals surface area (Å²) in [6.45, 7) is 5.83. The Morgan fingerprint density at radius 3 is 2.60 bits per heavy atom. The molecule has 0 saturated heterocycles. The standard InChI is InChI=1S/C36H38ClNO3S/c1-24-21-36(24,22-34(39)40)23-42-33(18-14-26-8-4-5-10-31(26)35(2,3)41)28-9-6-7-25(19-28)11-16-30-17-13-27-12-15-29(37)20-32(27)38-30/h4-13,15-17,19-20,24,33,41H,14,18,21-23H2,1-3H3,(H,39,40)/b16-11+/t24-,33-,36+/m1/s1. The normalized spacial score (nSPS) is 19.3. The number of nitrogens with zero attached hydrogens (tertiary/aromatic N) is 1. The van der Waals surface area contributed by atoms with Crippen LogP contribution < -0.4 is 0 Å². The first-order valence-electron chi connectivity index (χ1n) is 14.5. The molecule has 0 amide bonds. The number of carboxylic acids is 1. The second-order valence-electron chi connectivity index (χ2n) is 12.2. The highest BCUT2D eigenvalue weighted by Crippen LogP contribution is 2.58. The molecule has 2 N–H and O–H groups in total. The van der Waals surface area contributed by atoms with E-state index >= 15 is 0 Å². The molecule has 1 saturated carbocycles. The van der Waals surface area contributed by atoms with E-state index in [2.05, 4.69) is 49.4 Å². The highest BCUT2D eigenvalue weighted by Gasteiger charge is 2.52. The van der Waals surface area contributed by atoms with Gasteiger partial charge in [0, 0.05) is 21.4 Å². The minimum absolute atomic E-state index is 0.123. The predicted molar refractivity (Wildman–Crippen MR) is 176 cm³/mol. The average Bonchev–Trinajstić information content (AvgIpc) is 3.58. The third-order valence-electron chi connectivity index (χ3n) is 8.43. The van der Waals surface area contributed by atoms with E-state index in [0.717, 1.165) is 58.3 Å². The number of aliphatic carboxylic acids is 1. The molecule has 6 heteroatoms. The molecule has 1 aliphatic carbocycles. The van der Waals surface area contributed by atoms with Crippen LogP contribution in [0.1, 0.15) is 73.2 Å². The summed E-state index contributed by atoms with van der Waals surface area (Å²) in [5.74, 6) is 0.533. The number of carboxylic acid groups (broad SMARTS) is 1. The number of pyridine rings is 1. The molecule has 1 aromatic heterocycles. The van der Waals surface area contributed by atoms with Crippen molar-refractivity contribution in [1.29, 1.82) is 0 Å². The fraction of sp³-hybridized carbons (Fsp3) is 0.333. The van der Waals surface area contributed by atoms with Crippen LogP contribution in [0.15, 0.2) is 78.9 Å². The Bertz CT molecular complexity index is 1610. The lowest BCUT2D eigenvalue weighted by atomic mass is 9.90. The predicted octanol–water partition coefficient (Wildman–Crippen LogP) is 9.19. The number of aromatic nitrogens is 1. The van der Waals surface area contributed by atoms with E-state index < -0.39 is 11.6 Å². The Hall–Kier alpha value is -3.12. The number of aliphatic hydroxyl groups is 1. The maximum absolute atomic E-state index is 11.6. The Kier molecular flexibility index (Phi) is 9.12. The van der Waals surface area contributed by atoms with Gasteiger partial charge in [-0.15, -0.1) is 0 Å². The van der Waals surface area contributed by atoms with Crippen molar-refractivity contribution in [2.45, 2.75) is 57.3 Å². The van der Waals surface area contributed by atoms with E-state index in [-0.39, 0.29) is 17.1 Å². The van der Waals surface area contributed by atoms with Crippen molar-refractivity contribution in [3.8, 4) is 0 Å². The van der Waals surface area contributed by atoms with Gasteiger partial charge in [-0.3, -0.25) is 4.79 Å². The third-order valence-corrected chi connectivity index (χ3v) is 10.3. The number of halogens is 1. The van der Waals surface area contributed by atoms with Crippen LogP contribution in [0.25, 0.3) is 23.1 Å². The first kappa shape index (κ1) is 30.3. The van der Waals surface area contributed by atoms with E-state index in [0.29, 0.717) is 10.9 Å². The van der Waals surface area contributed by atoms with E-state index in [4.69, 9.17) is 16.6 Å². The van der Waals surface area contributed by atoms with Crippen LogP contribution in [0.3, 0.4) is 0 Å². The van der Waals surface area contributed by atoms with Crippen LogP contribution >= 0.6 is 23.4 Å². The Morgan fingerprint density at radius 2 is 1.86 bits per heavy atom. The maximum Gasteiger partial charge on any atom is 0.303 e. The topological polar surface area (TPSA) is 70.4 Å². The van der Waals surface area contributed by atoms with Crippen molar-refractivity contribution in [3.05, 3.63) is 112 Å². The monoisotopic (exact) mass is 599 g/mol. The quantitative estimate of drug-likeness (QED) is 0.170. The molecule has 0 unspecified atom stereocenters. The fourth-order valence-corrected chi connectivity index (χ4v) is 7.66. The van der Waals surface area contributed by atoms with Crippen LogP contribution in [-0.2, 0) is 16.8 Å². The lowest BCUT2D eigenvalue weighted by Crippen LogP contribution is -2.18. The average molecular weight is 600 g/mol. The molecule has 0 aliphatic heterocycles. The van der Waals surface area contributed by atoms with Gasteiger partial charge in [-0.25, -0.2) is 4.98 Å². The number of hydrogen-bond acceptors (Lipinski definition) is 4. The first-order chi connectivity index (χ1) is 20.0. The van der Waals surface area contributed by atoms with Gasteiger partial charge in [0.1, 0.15) is 0 Å². The summed E-state index contributed by atoms with van der Waals surface area (Å²) < 4.78 is 0. The van der Waals surface area contributed by atoms with Gasteiger partial charge in [0.2, 0.25) is 0 Å². The van der Waals surface area contributed by atoms with Gasteiger partial charge in [-0.05, 0) is 91.0 Å². The smallest absolute Gasteiger partial charge is 0.303 e. The summed E-state index contributed by atoms with van der Waals surface area (Å²) in [7, 11) is 0. The molecular weight excluding hydrogens is 562 g/mol. The third kappa shape index (κ3) is 7.44. The van der Waals surface area contributed by atoms with Crippen LogP contribution in [0.5, 0.6) is 0 Å². The molecule has 1 heterocycles. The summed E-state index contributed by atoms with van der Waals surface area (Å²) in [5.41, 5.74) is 5.10. The lowest BCUT2D eigenvalue weighted by molar-refractivity contribution is -0.138. The highest BCUT2D eigenvalue weighted by atomic mass is 35.5. The number of fused-ring (bicyclic) bond motifs is 1. The zero-order valence-corrected chi connectivity index (χ0v) is 26.0. The molecule has 218 valence electrons. The van der Waals surface area contributed by atoms with Gasteiger partial charge in [-0.1, -0.05) is 85.3 Å².